The molecular weight excluding hydrogens is 288 g/mol. The van der Waals surface area contributed by atoms with E-state index < -0.39 is 20.0 Å². The molecule has 0 saturated heterocycles. The molecule has 0 N–H and O–H groups in total. The van der Waals surface area contributed by atoms with E-state index in [1.54, 1.807) is 32.0 Å². The number of alkyl halides is 1. The Morgan fingerprint density at radius 3 is 2.21 bits per heavy atom. The Labute approximate surface area is 119 Å². The highest BCUT2D eigenvalue weighted by molar-refractivity contribution is 7.92. The monoisotopic (exact) mass is 306 g/mol. The fourth-order valence-corrected chi connectivity index (χ4v) is 2.76. The molecule has 108 valence electrons. The molecule has 6 heteroatoms. The van der Waals surface area contributed by atoms with E-state index in [1.165, 1.54) is 20.5 Å². The Balaban J connectivity index is 3.36. The molecular formula is C13H19ClO4S. The molecule has 0 fully saturated rings. The maximum atomic E-state index is 11.9. The molecule has 19 heavy (non-hydrogen) atoms. The SMILES string of the molecule is COc1ccc(OC)c(C(Cl)C(C)(C)S(C)(=O)=O)c1. The van der Waals surface area contributed by atoms with Gasteiger partial charge in [-0.25, -0.2) is 8.42 Å². The average molecular weight is 307 g/mol. The van der Waals surface area contributed by atoms with Crippen LogP contribution in [0.1, 0.15) is 24.8 Å². The van der Waals surface area contributed by atoms with Gasteiger partial charge < -0.3 is 9.47 Å². The first-order valence-electron chi connectivity index (χ1n) is 5.70. The lowest BCUT2D eigenvalue weighted by atomic mass is 10.00. The van der Waals surface area contributed by atoms with Crippen molar-refractivity contribution in [3.8, 4) is 11.5 Å². The first kappa shape index (κ1) is 16.1. The Morgan fingerprint density at radius 1 is 1.21 bits per heavy atom. The molecule has 0 bridgehead atoms. The maximum absolute atomic E-state index is 11.9. The smallest absolute Gasteiger partial charge is 0.154 e. The normalized spacial score (nSPS) is 14.0. The fourth-order valence-electron chi connectivity index (χ4n) is 1.60. The highest BCUT2D eigenvalue weighted by Crippen LogP contribution is 2.42. The molecule has 0 spiro atoms. The summed E-state index contributed by atoms with van der Waals surface area (Å²) in [5, 5.41) is -0.743. The molecule has 0 aliphatic carbocycles. The third kappa shape index (κ3) is 3.15. The van der Waals surface area contributed by atoms with Crippen molar-refractivity contribution >= 4 is 21.4 Å². The van der Waals surface area contributed by atoms with Crippen LogP contribution in [0.4, 0.5) is 0 Å². The van der Waals surface area contributed by atoms with Crippen LogP contribution in [0.25, 0.3) is 0 Å². The van der Waals surface area contributed by atoms with Crippen LogP contribution in [0.15, 0.2) is 18.2 Å². The Bertz CT molecular complexity index is 552. The largest absolute Gasteiger partial charge is 0.497 e. The van der Waals surface area contributed by atoms with E-state index in [0.29, 0.717) is 17.1 Å². The van der Waals surface area contributed by atoms with Crippen LogP contribution in [-0.4, -0.2) is 33.6 Å². The zero-order chi connectivity index (χ0) is 14.8. The zero-order valence-electron chi connectivity index (χ0n) is 11.7. The topological polar surface area (TPSA) is 52.6 Å². The van der Waals surface area contributed by atoms with Gasteiger partial charge in [0, 0.05) is 11.8 Å². The second kappa shape index (κ2) is 5.59. The minimum atomic E-state index is -3.32. The van der Waals surface area contributed by atoms with Gasteiger partial charge in [-0.3, -0.25) is 0 Å². The minimum Gasteiger partial charge on any atom is -0.497 e. The van der Waals surface area contributed by atoms with Gasteiger partial charge in [0.2, 0.25) is 0 Å². The number of methoxy groups -OCH3 is 2. The highest BCUT2D eigenvalue weighted by atomic mass is 35.5. The second-order valence-corrected chi connectivity index (χ2v) is 7.88. The standard InChI is InChI=1S/C13H19ClO4S/c1-13(2,19(5,15)16)12(14)10-8-9(17-3)6-7-11(10)18-4/h6-8,12H,1-5H3. The molecule has 0 aromatic heterocycles. The van der Waals surface area contributed by atoms with E-state index >= 15 is 0 Å². The first-order chi connectivity index (χ1) is 8.65. The molecule has 1 aromatic carbocycles. The summed E-state index contributed by atoms with van der Waals surface area (Å²) in [6, 6.07) is 5.14. The van der Waals surface area contributed by atoms with Crippen molar-refractivity contribution in [1.29, 1.82) is 0 Å². The van der Waals surface area contributed by atoms with E-state index in [-0.39, 0.29) is 0 Å². The van der Waals surface area contributed by atoms with E-state index in [4.69, 9.17) is 21.1 Å². The second-order valence-electron chi connectivity index (χ2n) is 4.85. The molecule has 4 nitrogen and oxygen atoms in total. The Hall–Kier alpha value is -0.940. The van der Waals surface area contributed by atoms with Crippen LogP contribution >= 0.6 is 11.6 Å². The summed E-state index contributed by atoms with van der Waals surface area (Å²) in [6.45, 7) is 3.19. The molecule has 1 unspecified atom stereocenters. The van der Waals surface area contributed by atoms with E-state index in [1.807, 2.05) is 0 Å². The summed E-state index contributed by atoms with van der Waals surface area (Å²) in [6.07, 6.45) is 1.18. The zero-order valence-corrected chi connectivity index (χ0v) is 13.3. The quantitative estimate of drug-likeness (QED) is 0.785. The molecule has 0 saturated carbocycles. The summed E-state index contributed by atoms with van der Waals surface area (Å²) >= 11 is 6.38. The predicted molar refractivity (Wildman–Crippen MR) is 77.1 cm³/mol. The molecule has 1 rings (SSSR count). The van der Waals surface area contributed by atoms with Gasteiger partial charge in [0.05, 0.1) is 24.3 Å². The summed E-state index contributed by atoms with van der Waals surface area (Å²) in [7, 11) is -0.268. The van der Waals surface area contributed by atoms with Crippen molar-refractivity contribution in [2.45, 2.75) is 24.0 Å². The van der Waals surface area contributed by atoms with Gasteiger partial charge in [-0.05, 0) is 32.0 Å². The average Bonchev–Trinajstić information content (AvgIpc) is 2.35. The number of hydrogen-bond acceptors (Lipinski definition) is 4. The summed E-state index contributed by atoms with van der Waals surface area (Å²) < 4.78 is 33.0. The highest BCUT2D eigenvalue weighted by Gasteiger charge is 2.40. The first-order valence-corrected chi connectivity index (χ1v) is 8.03. The summed E-state index contributed by atoms with van der Waals surface area (Å²) in [5.74, 6) is 1.14. The number of rotatable bonds is 5. The number of benzene rings is 1. The van der Waals surface area contributed by atoms with Gasteiger partial charge in [-0.2, -0.15) is 0 Å². The van der Waals surface area contributed by atoms with Gasteiger partial charge >= 0.3 is 0 Å². The number of halogens is 1. The summed E-state index contributed by atoms with van der Waals surface area (Å²) in [4.78, 5) is 0. The van der Waals surface area contributed by atoms with Crippen LogP contribution in [0, 0.1) is 0 Å². The van der Waals surface area contributed by atoms with Crippen LogP contribution in [-0.2, 0) is 9.84 Å². The number of ether oxygens (including phenoxy) is 2. The van der Waals surface area contributed by atoms with Crippen molar-refractivity contribution in [2.75, 3.05) is 20.5 Å². The number of sulfone groups is 1. The lowest BCUT2D eigenvalue weighted by Crippen LogP contribution is -2.35. The Morgan fingerprint density at radius 2 is 1.79 bits per heavy atom. The Kier molecular flexibility index (Phi) is 4.74. The van der Waals surface area contributed by atoms with Crippen molar-refractivity contribution < 1.29 is 17.9 Å². The maximum Gasteiger partial charge on any atom is 0.154 e. The van der Waals surface area contributed by atoms with Gasteiger partial charge in [0.15, 0.2) is 9.84 Å². The van der Waals surface area contributed by atoms with Gasteiger partial charge in [-0.1, -0.05) is 0 Å². The van der Waals surface area contributed by atoms with Crippen LogP contribution < -0.4 is 9.47 Å². The van der Waals surface area contributed by atoms with Gasteiger partial charge in [0.25, 0.3) is 0 Å². The lowest BCUT2D eigenvalue weighted by Gasteiger charge is -2.29. The van der Waals surface area contributed by atoms with Crippen molar-refractivity contribution in [2.24, 2.45) is 0 Å². The molecule has 1 aromatic rings. The van der Waals surface area contributed by atoms with E-state index in [0.717, 1.165) is 0 Å². The van der Waals surface area contributed by atoms with Crippen LogP contribution in [0.2, 0.25) is 0 Å². The third-order valence-electron chi connectivity index (χ3n) is 3.28. The molecule has 0 radical (unpaired) electrons. The molecule has 1 atom stereocenters. The molecule has 0 amide bonds. The summed E-state index contributed by atoms with van der Waals surface area (Å²) in [5.41, 5.74) is 0.596. The van der Waals surface area contributed by atoms with Crippen LogP contribution in [0.3, 0.4) is 0 Å². The van der Waals surface area contributed by atoms with Crippen molar-refractivity contribution in [3.05, 3.63) is 23.8 Å². The molecule has 0 heterocycles. The third-order valence-corrected chi connectivity index (χ3v) is 6.33. The van der Waals surface area contributed by atoms with Gasteiger partial charge in [-0.15, -0.1) is 11.6 Å². The molecule has 0 aliphatic heterocycles. The lowest BCUT2D eigenvalue weighted by molar-refractivity contribution is 0.395. The minimum absolute atomic E-state index is 0.539. The van der Waals surface area contributed by atoms with E-state index in [9.17, 15) is 8.42 Å². The van der Waals surface area contributed by atoms with Crippen LogP contribution in [0.5, 0.6) is 11.5 Å². The van der Waals surface area contributed by atoms with Crippen molar-refractivity contribution in [1.82, 2.24) is 0 Å². The fraction of sp³-hybridized carbons (Fsp3) is 0.538. The predicted octanol–water partition coefficient (Wildman–Crippen LogP) is 2.81. The van der Waals surface area contributed by atoms with Gasteiger partial charge in [0.1, 0.15) is 11.5 Å². The number of hydrogen-bond donors (Lipinski definition) is 0. The van der Waals surface area contributed by atoms with E-state index in [2.05, 4.69) is 0 Å². The van der Waals surface area contributed by atoms with Crippen molar-refractivity contribution in [3.63, 3.8) is 0 Å². The molecule has 0 aliphatic rings.